The highest BCUT2D eigenvalue weighted by atomic mass is 35.5. The molecule has 0 bridgehead atoms. The predicted octanol–water partition coefficient (Wildman–Crippen LogP) is 3.24. The maximum atomic E-state index is 12.9. The first-order chi connectivity index (χ1) is 11.5. The first kappa shape index (κ1) is 21.7. The number of nitrogens with one attached hydrogen (secondary N) is 1. The van der Waals surface area contributed by atoms with Crippen molar-refractivity contribution < 1.29 is 9.72 Å². The molecule has 0 aromatic heterocycles. The smallest absolute Gasteiger partial charge is 0.269 e. The molecule has 1 atom stereocenters. The second-order valence-electron chi connectivity index (χ2n) is 6.26. The molecule has 8 heteroatoms. The average Bonchev–Trinajstić information content (AvgIpc) is 2.60. The number of nitrogens with zero attached hydrogens (tertiary/aromatic N) is 2. The van der Waals surface area contributed by atoms with Crippen LogP contribution in [-0.4, -0.2) is 45.9 Å². The SMILES string of the molecule is CCCC(C)(NCc1ccc([N+](=O)[O-])cc1)C(=O)N1CCSCC1.Cl. The third kappa shape index (κ3) is 5.87. The van der Waals surface area contributed by atoms with Gasteiger partial charge in [0.05, 0.1) is 10.5 Å². The van der Waals surface area contributed by atoms with Gasteiger partial charge in [0.25, 0.3) is 5.69 Å². The Hall–Kier alpha value is -1.31. The Bertz CT molecular complexity index is 579. The summed E-state index contributed by atoms with van der Waals surface area (Å²) in [6, 6.07) is 6.47. The summed E-state index contributed by atoms with van der Waals surface area (Å²) in [6.07, 6.45) is 1.68. The number of nitro benzene ring substituents is 1. The molecule has 0 saturated carbocycles. The van der Waals surface area contributed by atoms with Crippen molar-refractivity contribution in [2.24, 2.45) is 0 Å². The summed E-state index contributed by atoms with van der Waals surface area (Å²) < 4.78 is 0. The van der Waals surface area contributed by atoms with Crippen molar-refractivity contribution in [1.29, 1.82) is 0 Å². The van der Waals surface area contributed by atoms with Crippen LogP contribution in [0.3, 0.4) is 0 Å². The monoisotopic (exact) mass is 387 g/mol. The van der Waals surface area contributed by atoms with Gasteiger partial charge in [0, 0.05) is 43.3 Å². The molecule has 1 fully saturated rings. The van der Waals surface area contributed by atoms with E-state index >= 15 is 0 Å². The van der Waals surface area contributed by atoms with Crippen molar-refractivity contribution in [3.63, 3.8) is 0 Å². The van der Waals surface area contributed by atoms with Crippen LogP contribution in [0.25, 0.3) is 0 Å². The largest absolute Gasteiger partial charge is 0.339 e. The highest BCUT2D eigenvalue weighted by molar-refractivity contribution is 7.99. The van der Waals surface area contributed by atoms with Gasteiger partial charge in [0.2, 0.25) is 5.91 Å². The number of carbonyl (C=O) groups is 1. The molecule has 1 aromatic carbocycles. The third-order valence-electron chi connectivity index (χ3n) is 4.35. The minimum absolute atomic E-state index is 0. The summed E-state index contributed by atoms with van der Waals surface area (Å²) in [7, 11) is 0. The molecule has 6 nitrogen and oxygen atoms in total. The van der Waals surface area contributed by atoms with E-state index in [0.29, 0.717) is 6.54 Å². The predicted molar refractivity (Wildman–Crippen MR) is 104 cm³/mol. The first-order valence-corrected chi connectivity index (χ1v) is 9.47. The van der Waals surface area contributed by atoms with E-state index < -0.39 is 10.5 Å². The Labute approximate surface area is 159 Å². The third-order valence-corrected chi connectivity index (χ3v) is 5.29. The molecule has 0 aliphatic carbocycles. The van der Waals surface area contributed by atoms with Crippen LogP contribution < -0.4 is 5.32 Å². The number of amides is 1. The van der Waals surface area contributed by atoms with Crippen molar-refractivity contribution >= 4 is 35.8 Å². The number of non-ortho nitro benzene ring substituents is 1. The summed E-state index contributed by atoms with van der Waals surface area (Å²) in [5, 5.41) is 14.1. The number of benzene rings is 1. The van der Waals surface area contributed by atoms with Crippen LogP contribution in [-0.2, 0) is 11.3 Å². The Morgan fingerprint density at radius 3 is 2.44 bits per heavy atom. The molecule has 0 radical (unpaired) electrons. The normalized spacial score (nSPS) is 16.6. The van der Waals surface area contributed by atoms with Crippen LogP contribution in [0.4, 0.5) is 5.69 Å². The lowest BCUT2D eigenvalue weighted by Crippen LogP contribution is -2.57. The van der Waals surface area contributed by atoms with E-state index in [1.807, 2.05) is 23.6 Å². The number of thioether (sulfide) groups is 1. The van der Waals surface area contributed by atoms with Crippen LogP contribution in [0.15, 0.2) is 24.3 Å². The highest BCUT2D eigenvalue weighted by Crippen LogP contribution is 2.21. The zero-order valence-electron chi connectivity index (χ0n) is 14.7. The topological polar surface area (TPSA) is 75.5 Å². The Balaban J connectivity index is 0.00000312. The van der Waals surface area contributed by atoms with E-state index in [2.05, 4.69) is 12.2 Å². The van der Waals surface area contributed by atoms with Crippen LogP contribution in [0.1, 0.15) is 32.3 Å². The number of rotatable bonds is 7. The van der Waals surface area contributed by atoms with Gasteiger partial charge in [0.15, 0.2) is 0 Å². The standard InChI is InChI=1S/C17H25N3O3S.ClH/c1-3-8-17(2,16(21)19-9-11-24-12-10-19)18-13-14-4-6-15(7-5-14)20(22)23;/h4-7,18H,3,8-13H2,1-2H3;1H. The fourth-order valence-corrected chi connectivity index (χ4v) is 3.82. The van der Waals surface area contributed by atoms with Gasteiger partial charge in [-0.25, -0.2) is 0 Å². The van der Waals surface area contributed by atoms with Gasteiger partial charge in [-0.3, -0.25) is 20.2 Å². The van der Waals surface area contributed by atoms with Crippen LogP contribution in [0.5, 0.6) is 0 Å². The van der Waals surface area contributed by atoms with Crippen molar-refractivity contribution in [2.45, 2.75) is 38.8 Å². The molecule has 1 aliphatic rings. The lowest BCUT2D eigenvalue weighted by atomic mass is 9.93. The van der Waals surface area contributed by atoms with Crippen LogP contribution in [0, 0.1) is 10.1 Å². The van der Waals surface area contributed by atoms with Gasteiger partial charge < -0.3 is 4.90 Å². The van der Waals surface area contributed by atoms with E-state index in [1.165, 1.54) is 12.1 Å². The number of carbonyl (C=O) groups excluding carboxylic acids is 1. The summed E-state index contributed by atoms with van der Waals surface area (Å²) in [4.78, 5) is 25.2. The molecule has 1 aliphatic heterocycles. The molecule has 0 spiro atoms. The van der Waals surface area contributed by atoms with Crippen LogP contribution in [0.2, 0.25) is 0 Å². The fraction of sp³-hybridized carbons (Fsp3) is 0.588. The van der Waals surface area contributed by atoms with E-state index in [9.17, 15) is 14.9 Å². The molecule has 1 N–H and O–H groups in total. The van der Waals surface area contributed by atoms with E-state index in [-0.39, 0.29) is 24.0 Å². The molecule has 1 unspecified atom stereocenters. The molecule has 1 aromatic rings. The molecule has 2 rings (SSSR count). The maximum Gasteiger partial charge on any atom is 0.269 e. The molecule has 140 valence electrons. The molecule has 1 heterocycles. The van der Waals surface area contributed by atoms with Gasteiger partial charge in [-0.15, -0.1) is 12.4 Å². The number of hydrogen-bond acceptors (Lipinski definition) is 5. The lowest BCUT2D eigenvalue weighted by Gasteiger charge is -2.37. The Morgan fingerprint density at radius 2 is 1.92 bits per heavy atom. The lowest BCUT2D eigenvalue weighted by molar-refractivity contribution is -0.384. The zero-order valence-corrected chi connectivity index (χ0v) is 16.3. The van der Waals surface area contributed by atoms with Gasteiger partial charge in [-0.1, -0.05) is 25.5 Å². The molecule has 1 amide bonds. The van der Waals surface area contributed by atoms with Gasteiger partial charge in [-0.05, 0) is 18.9 Å². The van der Waals surface area contributed by atoms with Gasteiger partial charge in [-0.2, -0.15) is 11.8 Å². The summed E-state index contributed by atoms with van der Waals surface area (Å²) in [6.45, 7) is 6.17. The first-order valence-electron chi connectivity index (χ1n) is 8.32. The highest BCUT2D eigenvalue weighted by Gasteiger charge is 2.35. The van der Waals surface area contributed by atoms with E-state index in [0.717, 1.165) is 43.0 Å². The molecular weight excluding hydrogens is 362 g/mol. The van der Waals surface area contributed by atoms with Crippen molar-refractivity contribution in [3.8, 4) is 0 Å². The van der Waals surface area contributed by atoms with Crippen molar-refractivity contribution in [3.05, 3.63) is 39.9 Å². The summed E-state index contributed by atoms with van der Waals surface area (Å²) in [5.41, 5.74) is 0.417. The minimum Gasteiger partial charge on any atom is -0.339 e. The van der Waals surface area contributed by atoms with Crippen molar-refractivity contribution in [1.82, 2.24) is 10.2 Å². The Kier molecular flexibility index (Phi) is 8.68. The average molecular weight is 388 g/mol. The second-order valence-corrected chi connectivity index (χ2v) is 7.49. The van der Waals surface area contributed by atoms with Crippen molar-refractivity contribution in [2.75, 3.05) is 24.6 Å². The molecular formula is C17H26ClN3O3S. The quantitative estimate of drug-likeness (QED) is 0.574. The summed E-state index contributed by atoms with van der Waals surface area (Å²) in [5.74, 6) is 2.15. The van der Waals surface area contributed by atoms with E-state index in [4.69, 9.17) is 0 Å². The van der Waals surface area contributed by atoms with Gasteiger partial charge in [0.1, 0.15) is 0 Å². The maximum absolute atomic E-state index is 12.9. The number of halogens is 1. The molecule has 1 saturated heterocycles. The van der Waals surface area contributed by atoms with Gasteiger partial charge >= 0.3 is 0 Å². The number of nitro groups is 1. The second kappa shape index (κ2) is 9.99. The molecule has 25 heavy (non-hydrogen) atoms. The van der Waals surface area contributed by atoms with E-state index in [1.54, 1.807) is 12.1 Å². The minimum atomic E-state index is -0.599. The van der Waals surface area contributed by atoms with Crippen LogP contribution >= 0.6 is 24.2 Å². The zero-order chi connectivity index (χ0) is 17.6. The summed E-state index contributed by atoms with van der Waals surface area (Å²) >= 11 is 1.88. The Morgan fingerprint density at radius 1 is 1.32 bits per heavy atom. The fourth-order valence-electron chi connectivity index (χ4n) is 2.92. The number of hydrogen-bond donors (Lipinski definition) is 1.